The quantitative estimate of drug-likeness (QED) is 0.266. The average molecular weight is 428 g/mol. The summed E-state index contributed by atoms with van der Waals surface area (Å²) in [6, 6.07) is 32.4. The summed E-state index contributed by atoms with van der Waals surface area (Å²) >= 11 is 0. The second-order valence-electron chi connectivity index (χ2n) is 8.25. The van der Waals surface area contributed by atoms with E-state index in [1.54, 1.807) is 24.3 Å². The van der Waals surface area contributed by atoms with Crippen LogP contribution in [0.1, 0.15) is 0 Å². The van der Waals surface area contributed by atoms with Gasteiger partial charge < -0.3 is 15.3 Å². The molecule has 0 heterocycles. The molecule has 0 saturated carbocycles. The molecular formula is C30H20O3. The fourth-order valence-corrected chi connectivity index (χ4v) is 4.90. The van der Waals surface area contributed by atoms with Crippen LogP contribution in [0.25, 0.3) is 54.6 Å². The van der Waals surface area contributed by atoms with Gasteiger partial charge in [0, 0.05) is 10.8 Å². The highest BCUT2D eigenvalue weighted by atomic mass is 16.3. The Bertz CT molecular complexity index is 1690. The molecule has 0 atom stereocenters. The van der Waals surface area contributed by atoms with Crippen LogP contribution in [0.4, 0.5) is 0 Å². The van der Waals surface area contributed by atoms with E-state index in [1.807, 2.05) is 72.8 Å². The lowest BCUT2D eigenvalue weighted by Gasteiger charge is -2.16. The number of hydrogen-bond donors (Lipinski definition) is 3. The third-order valence-corrected chi connectivity index (χ3v) is 6.35. The van der Waals surface area contributed by atoms with Gasteiger partial charge in [-0.15, -0.1) is 0 Å². The minimum absolute atomic E-state index is 0.199. The van der Waals surface area contributed by atoms with Crippen LogP contribution in [0.2, 0.25) is 0 Å². The second-order valence-corrected chi connectivity index (χ2v) is 8.25. The zero-order chi connectivity index (χ0) is 22.5. The minimum atomic E-state index is 0.199. The maximum absolute atomic E-state index is 11.0. The number of benzene rings is 6. The molecule has 6 rings (SSSR count). The van der Waals surface area contributed by atoms with Crippen LogP contribution in [-0.2, 0) is 0 Å². The number of phenols is 3. The molecular weight excluding hydrogens is 408 g/mol. The Morgan fingerprint density at radius 3 is 1.79 bits per heavy atom. The zero-order valence-electron chi connectivity index (χ0n) is 17.7. The van der Waals surface area contributed by atoms with Crippen molar-refractivity contribution in [3.05, 3.63) is 103 Å². The molecule has 0 saturated heterocycles. The number of rotatable bonds is 2. The lowest BCUT2D eigenvalue weighted by molar-refractivity contribution is 0.476. The van der Waals surface area contributed by atoms with Crippen LogP contribution in [0.3, 0.4) is 0 Å². The van der Waals surface area contributed by atoms with Crippen molar-refractivity contribution in [2.75, 3.05) is 0 Å². The SMILES string of the molecule is Oc1ccc2c(-c3ccc(-c4cccc5cccc(O)c45)c4cccc(O)c34)cccc2c1. The summed E-state index contributed by atoms with van der Waals surface area (Å²) < 4.78 is 0. The molecule has 0 unspecified atom stereocenters. The highest BCUT2D eigenvalue weighted by Gasteiger charge is 2.16. The summed E-state index contributed by atoms with van der Waals surface area (Å²) in [5.74, 6) is 0.650. The molecule has 158 valence electrons. The first-order valence-electron chi connectivity index (χ1n) is 10.8. The van der Waals surface area contributed by atoms with Crippen LogP contribution in [-0.4, -0.2) is 15.3 Å². The largest absolute Gasteiger partial charge is 0.508 e. The lowest BCUT2D eigenvalue weighted by atomic mass is 9.88. The molecule has 33 heavy (non-hydrogen) atoms. The standard InChI is InChI=1S/C30H20O3/c31-20-13-14-21-19(17-20)7-2-8-22(21)26-16-15-23(25-10-4-12-28(33)30(25)26)24-9-1-5-18-6-3-11-27(32)29(18)24/h1-17,31-33H. The van der Waals surface area contributed by atoms with Gasteiger partial charge in [0.1, 0.15) is 17.2 Å². The summed E-state index contributed by atoms with van der Waals surface area (Å²) in [4.78, 5) is 0. The van der Waals surface area contributed by atoms with Gasteiger partial charge in [-0.3, -0.25) is 0 Å². The zero-order valence-corrected chi connectivity index (χ0v) is 17.7. The molecule has 0 aromatic heterocycles. The molecule has 0 aliphatic heterocycles. The van der Waals surface area contributed by atoms with Crippen molar-refractivity contribution >= 4 is 32.3 Å². The Morgan fingerprint density at radius 1 is 0.394 bits per heavy atom. The van der Waals surface area contributed by atoms with Crippen LogP contribution >= 0.6 is 0 Å². The molecule has 0 bridgehead atoms. The van der Waals surface area contributed by atoms with E-state index >= 15 is 0 Å². The summed E-state index contributed by atoms with van der Waals surface area (Å²) in [6.07, 6.45) is 0. The molecule has 6 aromatic rings. The first-order chi connectivity index (χ1) is 16.1. The third kappa shape index (κ3) is 2.98. The monoisotopic (exact) mass is 428 g/mol. The molecule has 0 spiro atoms. The van der Waals surface area contributed by atoms with E-state index in [9.17, 15) is 15.3 Å². The highest BCUT2D eigenvalue weighted by Crippen LogP contribution is 2.44. The highest BCUT2D eigenvalue weighted by molar-refractivity contribution is 6.14. The second kappa shape index (κ2) is 7.28. The van der Waals surface area contributed by atoms with Gasteiger partial charge in [-0.05, 0) is 68.1 Å². The number of hydrogen-bond acceptors (Lipinski definition) is 3. The predicted octanol–water partition coefficient (Wildman–Crippen LogP) is 7.60. The van der Waals surface area contributed by atoms with E-state index in [4.69, 9.17) is 0 Å². The molecule has 0 amide bonds. The first-order valence-corrected chi connectivity index (χ1v) is 10.8. The molecule has 3 N–H and O–H groups in total. The smallest absolute Gasteiger partial charge is 0.124 e. The number of aromatic hydroxyl groups is 3. The topological polar surface area (TPSA) is 60.7 Å². The summed E-state index contributed by atoms with van der Waals surface area (Å²) in [5.41, 5.74) is 3.74. The van der Waals surface area contributed by atoms with Crippen molar-refractivity contribution in [1.82, 2.24) is 0 Å². The van der Waals surface area contributed by atoms with Crippen molar-refractivity contribution in [2.45, 2.75) is 0 Å². The van der Waals surface area contributed by atoms with E-state index in [-0.39, 0.29) is 17.2 Å². The molecule has 0 fully saturated rings. The van der Waals surface area contributed by atoms with Crippen molar-refractivity contribution < 1.29 is 15.3 Å². The average Bonchev–Trinajstić information content (AvgIpc) is 2.83. The van der Waals surface area contributed by atoms with Gasteiger partial charge in [0.25, 0.3) is 0 Å². The lowest BCUT2D eigenvalue weighted by Crippen LogP contribution is -1.89. The Hall–Kier alpha value is -4.50. The molecule has 3 nitrogen and oxygen atoms in total. The molecule has 0 aliphatic carbocycles. The summed E-state index contributed by atoms with van der Waals surface area (Å²) in [5, 5.41) is 36.9. The van der Waals surface area contributed by atoms with Crippen LogP contribution in [0.5, 0.6) is 17.2 Å². The maximum Gasteiger partial charge on any atom is 0.124 e. The van der Waals surface area contributed by atoms with E-state index in [1.165, 1.54) is 0 Å². The normalized spacial score (nSPS) is 11.4. The van der Waals surface area contributed by atoms with Crippen LogP contribution in [0, 0.1) is 0 Å². The van der Waals surface area contributed by atoms with Gasteiger partial charge in [-0.1, -0.05) is 78.9 Å². The number of fused-ring (bicyclic) bond motifs is 3. The predicted molar refractivity (Wildman–Crippen MR) is 135 cm³/mol. The van der Waals surface area contributed by atoms with Gasteiger partial charge in [0.15, 0.2) is 0 Å². The van der Waals surface area contributed by atoms with Crippen LogP contribution in [0.15, 0.2) is 103 Å². The Morgan fingerprint density at radius 2 is 0.970 bits per heavy atom. The number of phenolic OH excluding ortho intramolecular Hbond substituents is 3. The van der Waals surface area contributed by atoms with Crippen molar-refractivity contribution in [3.63, 3.8) is 0 Å². The summed E-state index contributed by atoms with van der Waals surface area (Å²) in [7, 11) is 0. The minimum Gasteiger partial charge on any atom is -0.508 e. The van der Waals surface area contributed by atoms with Gasteiger partial charge in [0.05, 0.1) is 0 Å². The van der Waals surface area contributed by atoms with Gasteiger partial charge in [-0.2, -0.15) is 0 Å². The van der Waals surface area contributed by atoms with Crippen LogP contribution < -0.4 is 0 Å². The Kier molecular flexibility index (Phi) is 4.24. The van der Waals surface area contributed by atoms with Gasteiger partial charge in [0.2, 0.25) is 0 Å². The van der Waals surface area contributed by atoms with E-state index in [0.717, 1.165) is 54.6 Å². The molecule has 0 aliphatic rings. The molecule has 6 aromatic carbocycles. The first kappa shape index (κ1) is 19.2. The van der Waals surface area contributed by atoms with Crippen molar-refractivity contribution in [1.29, 1.82) is 0 Å². The summed E-state index contributed by atoms with van der Waals surface area (Å²) in [6.45, 7) is 0. The van der Waals surface area contributed by atoms with E-state index < -0.39 is 0 Å². The Balaban J connectivity index is 1.70. The fourth-order valence-electron chi connectivity index (χ4n) is 4.90. The van der Waals surface area contributed by atoms with E-state index in [2.05, 4.69) is 6.07 Å². The maximum atomic E-state index is 11.0. The van der Waals surface area contributed by atoms with E-state index in [0.29, 0.717) is 0 Å². The third-order valence-electron chi connectivity index (χ3n) is 6.35. The van der Waals surface area contributed by atoms with Gasteiger partial charge >= 0.3 is 0 Å². The Labute approximate surface area is 190 Å². The van der Waals surface area contributed by atoms with Crippen molar-refractivity contribution in [2.24, 2.45) is 0 Å². The fraction of sp³-hybridized carbons (Fsp3) is 0. The molecule has 0 radical (unpaired) electrons. The van der Waals surface area contributed by atoms with Crippen molar-refractivity contribution in [3.8, 4) is 39.5 Å². The molecule has 3 heteroatoms. The van der Waals surface area contributed by atoms with Gasteiger partial charge in [-0.25, -0.2) is 0 Å².